The lowest BCUT2D eigenvalue weighted by Crippen LogP contribution is -2.45. The lowest BCUT2D eigenvalue weighted by atomic mass is 10.1. The first-order valence-corrected chi connectivity index (χ1v) is 8.51. The third-order valence-corrected chi connectivity index (χ3v) is 3.43. The smallest absolute Gasteiger partial charge is 0.408 e. The minimum absolute atomic E-state index is 0.265. The third kappa shape index (κ3) is 6.97. The lowest BCUT2D eigenvalue weighted by molar-refractivity contribution is -0.143. The van der Waals surface area contributed by atoms with Crippen LogP contribution < -0.4 is 10.1 Å². The van der Waals surface area contributed by atoms with E-state index in [2.05, 4.69) is 10.3 Å². The SMILES string of the molecule is COC(=O)C(Cc1ccc(Oc2ccncc2)cc1)NC(=O)OC(C)(C)C. The Hall–Kier alpha value is -3.09. The van der Waals surface area contributed by atoms with Crippen molar-refractivity contribution in [2.45, 2.75) is 38.8 Å². The Balaban J connectivity index is 2.02. The van der Waals surface area contributed by atoms with E-state index in [1.807, 2.05) is 12.1 Å². The Bertz CT molecular complexity index is 754. The number of hydrogen-bond acceptors (Lipinski definition) is 6. The molecule has 0 saturated carbocycles. The summed E-state index contributed by atoms with van der Waals surface area (Å²) in [5.74, 6) is 0.787. The molecule has 0 spiro atoms. The number of methoxy groups -OCH3 is 1. The lowest BCUT2D eigenvalue weighted by Gasteiger charge is -2.22. The molecule has 144 valence electrons. The van der Waals surface area contributed by atoms with Crippen LogP contribution in [0.2, 0.25) is 0 Å². The number of nitrogens with one attached hydrogen (secondary N) is 1. The number of nitrogens with zero attached hydrogens (tertiary/aromatic N) is 1. The average molecular weight is 372 g/mol. The fourth-order valence-electron chi connectivity index (χ4n) is 2.26. The van der Waals surface area contributed by atoms with Crippen molar-refractivity contribution in [2.75, 3.05) is 7.11 Å². The second-order valence-corrected chi connectivity index (χ2v) is 6.86. The molecule has 1 aromatic carbocycles. The van der Waals surface area contributed by atoms with Crippen LogP contribution in [-0.2, 0) is 20.7 Å². The van der Waals surface area contributed by atoms with E-state index in [-0.39, 0.29) is 6.42 Å². The molecule has 1 unspecified atom stereocenters. The zero-order valence-corrected chi connectivity index (χ0v) is 15.9. The number of aromatic nitrogens is 1. The number of pyridine rings is 1. The van der Waals surface area contributed by atoms with Crippen LogP contribution in [0.1, 0.15) is 26.3 Å². The van der Waals surface area contributed by atoms with Crippen LogP contribution in [-0.4, -0.2) is 35.8 Å². The van der Waals surface area contributed by atoms with Crippen molar-refractivity contribution in [1.29, 1.82) is 0 Å². The van der Waals surface area contributed by atoms with E-state index in [9.17, 15) is 9.59 Å². The summed E-state index contributed by atoms with van der Waals surface area (Å²) in [6, 6.07) is 9.89. The predicted molar refractivity (Wildman–Crippen MR) is 99.6 cm³/mol. The summed E-state index contributed by atoms with van der Waals surface area (Å²) >= 11 is 0. The van der Waals surface area contributed by atoms with Gasteiger partial charge in [-0.15, -0.1) is 0 Å². The molecular formula is C20H24N2O5. The molecular weight excluding hydrogens is 348 g/mol. The summed E-state index contributed by atoms with van der Waals surface area (Å²) in [5.41, 5.74) is 0.181. The van der Waals surface area contributed by atoms with Crippen molar-refractivity contribution in [3.8, 4) is 11.5 Å². The van der Waals surface area contributed by atoms with Gasteiger partial charge < -0.3 is 19.5 Å². The van der Waals surface area contributed by atoms with Crippen LogP contribution in [0.4, 0.5) is 4.79 Å². The Kier molecular flexibility index (Phi) is 6.76. The summed E-state index contributed by atoms with van der Waals surface area (Å²) in [7, 11) is 1.28. The van der Waals surface area contributed by atoms with Crippen molar-refractivity contribution < 1.29 is 23.8 Å². The second-order valence-electron chi connectivity index (χ2n) is 6.86. The number of esters is 1. The van der Waals surface area contributed by atoms with Gasteiger partial charge in [-0.05, 0) is 50.6 Å². The van der Waals surface area contributed by atoms with E-state index < -0.39 is 23.7 Å². The molecule has 1 atom stereocenters. The number of carbonyl (C=O) groups is 2. The molecule has 2 rings (SSSR count). The van der Waals surface area contributed by atoms with E-state index in [0.717, 1.165) is 5.56 Å². The van der Waals surface area contributed by atoms with Crippen molar-refractivity contribution in [2.24, 2.45) is 0 Å². The van der Waals surface area contributed by atoms with Gasteiger partial charge in [0.2, 0.25) is 0 Å². The minimum Gasteiger partial charge on any atom is -0.467 e. The van der Waals surface area contributed by atoms with Crippen molar-refractivity contribution in [1.82, 2.24) is 10.3 Å². The summed E-state index contributed by atoms with van der Waals surface area (Å²) in [6.07, 6.45) is 2.89. The minimum atomic E-state index is -0.850. The number of benzene rings is 1. The van der Waals surface area contributed by atoms with E-state index in [1.165, 1.54) is 7.11 Å². The maximum Gasteiger partial charge on any atom is 0.408 e. The van der Waals surface area contributed by atoms with E-state index in [4.69, 9.17) is 14.2 Å². The first-order chi connectivity index (χ1) is 12.8. The maximum absolute atomic E-state index is 12.0. The monoisotopic (exact) mass is 372 g/mol. The normalized spacial score (nSPS) is 12.0. The summed E-state index contributed by atoms with van der Waals surface area (Å²) < 4.78 is 15.7. The van der Waals surface area contributed by atoms with Gasteiger partial charge in [-0.2, -0.15) is 0 Å². The highest BCUT2D eigenvalue weighted by atomic mass is 16.6. The van der Waals surface area contributed by atoms with Gasteiger partial charge in [0.05, 0.1) is 7.11 Å². The van der Waals surface area contributed by atoms with Gasteiger partial charge in [0.25, 0.3) is 0 Å². The highest BCUT2D eigenvalue weighted by Gasteiger charge is 2.25. The number of alkyl carbamates (subject to hydrolysis) is 1. The molecule has 0 aliphatic heterocycles. The highest BCUT2D eigenvalue weighted by molar-refractivity contribution is 5.81. The molecule has 0 saturated heterocycles. The van der Waals surface area contributed by atoms with Crippen molar-refractivity contribution >= 4 is 12.1 Å². The molecule has 0 aliphatic rings. The topological polar surface area (TPSA) is 86.8 Å². The van der Waals surface area contributed by atoms with Crippen LogP contribution in [0.25, 0.3) is 0 Å². The first-order valence-electron chi connectivity index (χ1n) is 8.51. The van der Waals surface area contributed by atoms with E-state index >= 15 is 0 Å². The molecule has 0 bridgehead atoms. The highest BCUT2D eigenvalue weighted by Crippen LogP contribution is 2.21. The van der Waals surface area contributed by atoms with Crippen LogP contribution >= 0.6 is 0 Å². The maximum atomic E-state index is 12.0. The largest absolute Gasteiger partial charge is 0.467 e. The van der Waals surface area contributed by atoms with Gasteiger partial charge in [0.1, 0.15) is 23.1 Å². The van der Waals surface area contributed by atoms with Crippen LogP contribution in [0.3, 0.4) is 0 Å². The predicted octanol–water partition coefficient (Wildman–Crippen LogP) is 3.48. The Labute approximate surface area is 158 Å². The van der Waals surface area contributed by atoms with Gasteiger partial charge >= 0.3 is 12.1 Å². The second kappa shape index (κ2) is 9.02. The number of rotatable bonds is 6. The molecule has 0 fully saturated rings. The third-order valence-electron chi connectivity index (χ3n) is 3.43. The average Bonchev–Trinajstić information content (AvgIpc) is 2.61. The zero-order valence-electron chi connectivity index (χ0n) is 15.9. The van der Waals surface area contributed by atoms with Gasteiger partial charge in [0, 0.05) is 18.8 Å². The fraction of sp³-hybridized carbons (Fsp3) is 0.350. The number of carbonyl (C=O) groups excluding carboxylic acids is 2. The van der Waals surface area contributed by atoms with E-state index in [1.54, 1.807) is 57.4 Å². The first kappa shape index (κ1) is 20.2. The molecule has 0 aliphatic carbocycles. The molecule has 0 radical (unpaired) electrons. The molecule has 7 nitrogen and oxygen atoms in total. The Morgan fingerprint density at radius 2 is 1.63 bits per heavy atom. The Morgan fingerprint density at radius 3 is 2.19 bits per heavy atom. The molecule has 1 aromatic heterocycles. The summed E-state index contributed by atoms with van der Waals surface area (Å²) in [4.78, 5) is 27.9. The van der Waals surface area contributed by atoms with Crippen LogP contribution in [0.15, 0.2) is 48.8 Å². The van der Waals surface area contributed by atoms with Crippen LogP contribution in [0.5, 0.6) is 11.5 Å². The number of ether oxygens (including phenoxy) is 3. The Morgan fingerprint density at radius 1 is 1.04 bits per heavy atom. The quantitative estimate of drug-likeness (QED) is 0.781. The molecule has 1 amide bonds. The van der Waals surface area contributed by atoms with Crippen LogP contribution in [0, 0.1) is 0 Å². The van der Waals surface area contributed by atoms with Crippen molar-refractivity contribution in [3.63, 3.8) is 0 Å². The molecule has 1 heterocycles. The summed E-state index contributed by atoms with van der Waals surface area (Å²) in [5, 5.41) is 2.55. The van der Waals surface area contributed by atoms with Gasteiger partial charge in [-0.25, -0.2) is 9.59 Å². The summed E-state index contributed by atoms with van der Waals surface area (Å²) in [6.45, 7) is 5.25. The van der Waals surface area contributed by atoms with Crippen molar-refractivity contribution in [3.05, 3.63) is 54.4 Å². The molecule has 27 heavy (non-hydrogen) atoms. The molecule has 7 heteroatoms. The van der Waals surface area contributed by atoms with Gasteiger partial charge in [-0.1, -0.05) is 12.1 Å². The van der Waals surface area contributed by atoms with Gasteiger partial charge in [-0.3, -0.25) is 4.98 Å². The molecule has 1 N–H and O–H groups in total. The van der Waals surface area contributed by atoms with Gasteiger partial charge in [0.15, 0.2) is 0 Å². The standard InChI is InChI=1S/C20H24N2O5/c1-20(2,3)27-19(24)22-17(18(23)25-4)13-14-5-7-15(8-6-14)26-16-9-11-21-12-10-16/h5-12,17H,13H2,1-4H3,(H,22,24). The number of amides is 1. The fourth-order valence-corrected chi connectivity index (χ4v) is 2.26. The number of hydrogen-bond donors (Lipinski definition) is 1. The molecule has 2 aromatic rings. The van der Waals surface area contributed by atoms with E-state index in [0.29, 0.717) is 11.5 Å². The zero-order chi connectivity index (χ0) is 19.9.